The van der Waals surface area contributed by atoms with Crippen LogP contribution in [0.3, 0.4) is 0 Å². The van der Waals surface area contributed by atoms with Gasteiger partial charge in [-0.15, -0.1) is 0 Å². The summed E-state index contributed by atoms with van der Waals surface area (Å²) >= 11 is 0. The first-order valence-corrected chi connectivity index (χ1v) is 15.1. The van der Waals surface area contributed by atoms with E-state index in [0.29, 0.717) is 37.2 Å². The molecule has 10 heteroatoms. The second kappa shape index (κ2) is 13.6. The summed E-state index contributed by atoms with van der Waals surface area (Å²) in [5, 5.41) is 6.90. The molecule has 3 heterocycles. The van der Waals surface area contributed by atoms with E-state index in [9.17, 15) is 9.59 Å². The number of ether oxygens (including phenoxy) is 2. The van der Waals surface area contributed by atoms with E-state index >= 15 is 0 Å². The molecule has 2 amide bonds. The number of carbonyl (C=O) groups excluding carboxylic acids is 2. The van der Waals surface area contributed by atoms with E-state index in [1.165, 1.54) is 0 Å². The maximum atomic E-state index is 13.4. The number of piperidine rings is 1. The lowest BCUT2D eigenvalue weighted by molar-refractivity contribution is 0.0501. The highest BCUT2D eigenvalue weighted by atomic mass is 16.6. The zero-order valence-corrected chi connectivity index (χ0v) is 25.6. The first-order chi connectivity index (χ1) is 19.5. The van der Waals surface area contributed by atoms with Crippen LogP contribution in [-0.2, 0) is 4.74 Å². The van der Waals surface area contributed by atoms with Crippen LogP contribution in [0.1, 0.15) is 101 Å². The van der Waals surface area contributed by atoms with Crippen molar-refractivity contribution in [2.75, 3.05) is 37.7 Å². The first kappa shape index (κ1) is 30.7. The van der Waals surface area contributed by atoms with E-state index in [0.717, 1.165) is 68.8 Å². The number of anilines is 1. The second-order valence-electron chi connectivity index (χ2n) is 12.7. The fourth-order valence-corrected chi connectivity index (χ4v) is 5.52. The topological polar surface area (TPSA) is 110 Å². The van der Waals surface area contributed by atoms with E-state index in [2.05, 4.69) is 34.2 Å². The zero-order chi connectivity index (χ0) is 29.6. The number of amides is 2. The summed E-state index contributed by atoms with van der Waals surface area (Å²) in [6.45, 7) is 15.2. The van der Waals surface area contributed by atoms with Gasteiger partial charge in [0.05, 0.1) is 6.61 Å². The Labute approximate surface area is 244 Å². The number of hydrogen-bond donors (Lipinski definition) is 1. The number of aryl methyl sites for hydroxylation is 1. The number of benzene rings is 1. The molecule has 2 aromatic rings. The molecule has 2 aliphatic rings. The van der Waals surface area contributed by atoms with Crippen LogP contribution >= 0.6 is 0 Å². The van der Waals surface area contributed by atoms with Crippen molar-refractivity contribution >= 4 is 18.0 Å². The Morgan fingerprint density at radius 3 is 2.56 bits per heavy atom. The van der Waals surface area contributed by atoms with Gasteiger partial charge in [0.2, 0.25) is 0 Å². The van der Waals surface area contributed by atoms with Crippen molar-refractivity contribution in [1.82, 2.24) is 20.4 Å². The molecule has 2 saturated heterocycles. The molecule has 2 aliphatic heterocycles. The molecule has 1 aromatic carbocycles. The van der Waals surface area contributed by atoms with Gasteiger partial charge >= 0.3 is 12.1 Å². The monoisotopic (exact) mass is 569 g/mol. The molecule has 226 valence electrons. The lowest BCUT2D eigenvalue weighted by atomic mass is 9.92. The number of nitrogens with one attached hydrogen (secondary N) is 1. The molecule has 1 atom stereocenters. The highest BCUT2D eigenvalue weighted by Crippen LogP contribution is 2.27. The van der Waals surface area contributed by atoms with Crippen molar-refractivity contribution in [2.45, 2.75) is 97.6 Å². The van der Waals surface area contributed by atoms with Gasteiger partial charge in [-0.2, -0.15) is 4.98 Å². The highest BCUT2D eigenvalue weighted by Gasteiger charge is 2.31. The molecule has 41 heavy (non-hydrogen) atoms. The third-order valence-corrected chi connectivity index (χ3v) is 7.81. The molecule has 10 nitrogen and oxygen atoms in total. The van der Waals surface area contributed by atoms with Gasteiger partial charge in [-0.1, -0.05) is 19.0 Å². The van der Waals surface area contributed by atoms with Gasteiger partial charge in [-0.25, -0.2) is 4.79 Å². The summed E-state index contributed by atoms with van der Waals surface area (Å²) in [6, 6.07) is 6.30. The molecule has 0 unspecified atom stereocenters. The minimum Gasteiger partial charge on any atom is -0.494 e. The summed E-state index contributed by atoms with van der Waals surface area (Å²) in [5.74, 6) is 2.48. The van der Waals surface area contributed by atoms with Crippen molar-refractivity contribution in [3.05, 3.63) is 35.2 Å². The van der Waals surface area contributed by atoms with E-state index in [4.69, 9.17) is 14.0 Å². The van der Waals surface area contributed by atoms with E-state index in [1.54, 1.807) is 0 Å². The highest BCUT2D eigenvalue weighted by molar-refractivity contribution is 5.96. The number of carbonyl (C=O) groups is 2. The van der Waals surface area contributed by atoms with Crippen LogP contribution in [0.5, 0.6) is 5.75 Å². The number of likely N-dealkylation sites (tertiary alicyclic amines) is 1. The minimum absolute atomic E-state index is 0.00478. The average molecular weight is 570 g/mol. The van der Waals surface area contributed by atoms with Gasteiger partial charge in [-0.3, -0.25) is 4.79 Å². The third-order valence-electron chi connectivity index (χ3n) is 7.81. The molecular formula is C31H47N5O5. The summed E-state index contributed by atoms with van der Waals surface area (Å²) in [5.41, 5.74) is 1.02. The lowest BCUT2D eigenvalue weighted by Crippen LogP contribution is -2.44. The van der Waals surface area contributed by atoms with Crippen LogP contribution in [0.4, 0.5) is 10.8 Å². The summed E-state index contributed by atoms with van der Waals surface area (Å²) < 4.78 is 16.8. The fraction of sp³-hybridized carbons (Fsp3) is 0.677. The fourth-order valence-electron chi connectivity index (χ4n) is 5.52. The SMILES string of the molecule is Cc1cc(OCCCC2CCN(c3nc(C(C)C)no3)CC2)ccc1C(=O)N1CCC[C@@H]1CNC(=O)OC(C)(C)C. The summed E-state index contributed by atoms with van der Waals surface area (Å²) in [6.07, 6.45) is 5.66. The molecule has 4 rings (SSSR count). The van der Waals surface area contributed by atoms with E-state index < -0.39 is 11.7 Å². The van der Waals surface area contributed by atoms with Gasteiger partial charge in [-0.05, 0) is 95.9 Å². The van der Waals surface area contributed by atoms with Crippen LogP contribution in [-0.4, -0.2) is 71.5 Å². The Kier molecular flexibility index (Phi) is 10.1. The van der Waals surface area contributed by atoms with Gasteiger partial charge in [0.15, 0.2) is 5.82 Å². The van der Waals surface area contributed by atoms with Crippen molar-refractivity contribution in [3.8, 4) is 5.75 Å². The van der Waals surface area contributed by atoms with Crippen LogP contribution in [0.25, 0.3) is 0 Å². The number of aromatic nitrogens is 2. The van der Waals surface area contributed by atoms with E-state index in [1.807, 2.05) is 50.8 Å². The van der Waals surface area contributed by atoms with Crippen molar-refractivity contribution in [2.24, 2.45) is 5.92 Å². The molecular weight excluding hydrogens is 522 g/mol. The Hall–Kier alpha value is -3.30. The number of rotatable bonds is 10. The Morgan fingerprint density at radius 2 is 1.90 bits per heavy atom. The predicted octanol–water partition coefficient (Wildman–Crippen LogP) is 5.71. The Bertz CT molecular complexity index is 1170. The average Bonchev–Trinajstić information content (AvgIpc) is 3.59. The second-order valence-corrected chi connectivity index (χ2v) is 12.7. The number of hydrogen-bond acceptors (Lipinski definition) is 8. The van der Waals surface area contributed by atoms with Gasteiger partial charge in [0, 0.05) is 43.7 Å². The van der Waals surface area contributed by atoms with Crippen LogP contribution in [0.15, 0.2) is 22.7 Å². The molecule has 0 bridgehead atoms. The molecule has 1 aromatic heterocycles. The number of alkyl carbamates (subject to hydrolysis) is 1. The standard InChI is InChI=1S/C31H47N5O5/c1-21(2)27-33-29(41-34-27)35-16-13-23(14-17-35)9-8-18-39-25-11-12-26(22(3)19-25)28(37)36-15-7-10-24(36)20-32-30(38)40-31(4,5)6/h11-12,19,21,23-24H,7-10,13-18,20H2,1-6H3,(H,32,38)/t24-/m1/s1. The van der Waals surface area contributed by atoms with Crippen LogP contribution < -0.4 is 15.0 Å². The zero-order valence-electron chi connectivity index (χ0n) is 25.6. The molecule has 0 saturated carbocycles. The molecule has 0 spiro atoms. The van der Waals surface area contributed by atoms with Crippen LogP contribution in [0.2, 0.25) is 0 Å². The van der Waals surface area contributed by atoms with Crippen molar-refractivity contribution in [3.63, 3.8) is 0 Å². The smallest absolute Gasteiger partial charge is 0.407 e. The van der Waals surface area contributed by atoms with Crippen molar-refractivity contribution < 1.29 is 23.6 Å². The summed E-state index contributed by atoms with van der Waals surface area (Å²) in [4.78, 5) is 34.0. The quantitative estimate of drug-likeness (QED) is 0.363. The van der Waals surface area contributed by atoms with Crippen LogP contribution in [0, 0.1) is 12.8 Å². The normalized spacial score (nSPS) is 18.2. The summed E-state index contributed by atoms with van der Waals surface area (Å²) in [7, 11) is 0. The van der Waals surface area contributed by atoms with Crippen molar-refractivity contribution in [1.29, 1.82) is 0 Å². The number of nitrogens with zero attached hydrogens (tertiary/aromatic N) is 4. The molecule has 0 radical (unpaired) electrons. The maximum absolute atomic E-state index is 13.4. The predicted molar refractivity (Wildman–Crippen MR) is 158 cm³/mol. The van der Waals surface area contributed by atoms with E-state index in [-0.39, 0.29) is 17.9 Å². The largest absolute Gasteiger partial charge is 0.494 e. The maximum Gasteiger partial charge on any atom is 0.407 e. The lowest BCUT2D eigenvalue weighted by Gasteiger charge is -2.30. The first-order valence-electron chi connectivity index (χ1n) is 15.1. The Morgan fingerprint density at radius 1 is 1.15 bits per heavy atom. The van der Waals surface area contributed by atoms with Gasteiger partial charge in [0.1, 0.15) is 11.4 Å². The van der Waals surface area contributed by atoms with Gasteiger partial charge < -0.3 is 29.1 Å². The third kappa shape index (κ3) is 8.60. The molecule has 1 N–H and O–H groups in total. The molecule has 2 fully saturated rings. The minimum atomic E-state index is -0.553. The van der Waals surface area contributed by atoms with Gasteiger partial charge in [0.25, 0.3) is 5.91 Å². The Balaban J connectivity index is 1.19. The molecule has 0 aliphatic carbocycles.